The van der Waals surface area contributed by atoms with E-state index in [1.54, 1.807) is 0 Å². The maximum atomic E-state index is 5.60. The minimum atomic E-state index is 0.637. The van der Waals surface area contributed by atoms with E-state index in [-0.39, 0.29) is 0 Å². The molecule has 1 N–H and O–H groups in total. The zero-order valence-electron chi connectivity index (χ0n) is 9.08. The van der Waals surface area contributed by atoms with Crippen LogP contribution in [0.1, 0.15) is 13.8 Å². The van der Waals surface area contributed by atoms with E-state index >= 15 is 0 Å². The molecule has 0 saturated heterocycles. The number of hydrogen-bond acceptors (Lipinski definition) is 1. The Labute approximate surface area is 89.6 Å². The molecule has 0 bridgehead atoms. The third kappa shape index (κ3) is 2.40. The lowest BCUT2D eigenvalue weighted by Crippen LogP contribution is -1.93. The van der Waals surface area contributed by atoms with Gasteiger partial charge in [0.25, 0.3) is 0 Å². The molecule has 0 spiro atoms. The number of allylic oxidation sites excluding steroid dienone is 1. The summed E-state index contributed by atoms with van der Waals surface area (Å²) in [6.45, 7) is 4.77. The van der Waals surface area contributed by atoms with Gasteiger partial charge in [-0.25, -0.2) is 0 Å². The van der Waals surface area contributed by atoms with Crippen LogP contribution in [0.4, 0.5) is 0 Å². The zero-order valence-corrected chi connectivity index (χ0v) is 9.08. The van der Waals surface area contributed by atoms with Gasteiger partial charge in [0.1, 0.15) is 12.4 Å². The molecule has 0 aliphatic heterocycles. The maximum absolute atomic E-state index is 5.60. The predicted octanol–water partition coefficient (Wildman–Crippen LogP) is 3.51. The van der Waals surface area contributed by atoms with Crippen LogP contribution in [0, 0.1) is 0 Å². The van der Waals surface area contributed by atoms with Crippen LogP contribution in [0.15, 0.2) is 42.1 Å². The second-order valence-electron chi connectivity index (χ2n) is 3.82. The van der Waals surface area contributed by atoms with Crippen LogP contribution >= 0.6 is 0 Å². The van der Waals surface area contributed by atoms with Crippen molar-refractivity contribution in [3.05, 3.63) is 42.1 Å². The molecule has 2 aromatic rings. The number of rotatable bonds is 3. The molecule has 2 rings (SSSR count). The summed E-state index contributed by atoms with van der Waals surface area (Å²) in [6.07, 6.45) is 4.01. The largest absolute Gasteiger partial charge is 0.490 e. The highest BCUT2D eigenvalue weighted by Crippen LogP contribution is 2.19. The fraction of sp³-hybridized carbons (Fsp3) is 0.231. The Morgan fingerprint density at radius 2 is 2.20 bits per heavy atom. The third-order valence-corrected chi connectivity index (χ3v) is 2.27. The highest BCUT2D eigenvalue weighted by molar-refractivity contribution is 5.80. The fourth-order valence-corrected chi connectivity index (χ4v) is 1.43. The Hall–Kier alpha value is -1.70. The smallest absolute Gasteiger partial charge is 0.120 e. The van der Waals surface area contributed by atoms with E-state index in [0.717, 1.165) is 11.3 Å². The predicted molar refractivity (Wildman–Crippen MR) is 63.2 cm³/mol. The van der Waals surface area contributed by atoms with Crippen LogP contribution in [0.25, 0.3) is 10.9 Å². The average molecular weight is 201 g/mol. The van der Waals surface area contributed by atoms with E-state index in [2.05, 4.69) is 24.9 Å². The van der Waals surface area contributed by atoms with Gasteiger partial charge < -0.3 is 9.72 Å². The number of ether oxygens (including phenoxy) is 1. The van der Waals surface area contributed by atoms with Crippen molar-refractivity contribution in [2.45, 2.75) is 13.8 Å². The minimum absolute atomic E-state index is 0.637. The molecule has 1 aromatic carbocycles. The Kier molecular flexibility index (Phi) is 2.77. The number of hydrogen-bond donors (Lipinski definition) is 1. The zero-order chi connectivity index (χ0) is 10.7. The number of H-pyrrole nitrogens is 1. The lowest BCUT2D eigenvalue weighted by molar-refractivity contribution is 0.362. The van der Waals surface area contributed by atoms with Crippen LogP contribution < -0.4 is 4.74 Å². The van der Waals surface area contributed by atoms with E-state index in [9.17, 15) is 0 Å². The number of aromatic amines is 1. The summed E-state index contributed by atoms with van der Waals surface area (Å²) < 4.78 is 5.60. The maximum Gasteiger partial charge on any atom is 0.120 e. The average Bonchev–Trinajstić information content (AvgIpc) is 2.64. The molecule has 0 aliphatic rings. The molecule has 0 atom stereocenters. The molecule has 1 heterocycles. The lowest BCUT2D eigenvalue weighted by atomic mass is 10.2. The quantitative estimate of drug-likeness (QED) is 0.755. The van der Waals surface area contributed by atoms with Gasteiger partial charge in [-0.2, -0.15) is 0 Å². The van der Waals surface area contributed by atoms with Crippen molar-refractivity contribution in [1.82, 2.24) is 4.98 Å². The van der Waals surface area contributed by atoms with Crippen LogP contribution in [-0.4, -0.2) is 11.6 Å². The van der Waals surface area contributed by atoms with E-state index < -0.39 is 0 Å². The van der Waals surface area contributed by atoms with Gasteiger partial charge in [-0.15, -0.1) is 0 Å². The van der Waals surface area contributed by atoms with Crippen molar-refractivity contribution in [2.24, 2.45) is 0 Å². The highest BCUT2D eigenvalue weighted by atomic mass is 16.5. The Morgan fingerprint density at radius 1 is 1.33 bits per heavy atom. The van der Waals surface area contributed by atoms with E-state index in [1.165, 1.54) is 11.0 Å². The normalized spacial score (nSPS) is 10.3. The van der Waals surface area contributed by atoms with Crippen LogP contribution in [0.5, 0.6) is 5.75 Å². The summed E-state index contributed by atoms with van der Waals surface area (Å²) in [6, 6.07) is 8.11. The van der Waals surface area contributed by atoms with Gasteiger partial charge in [0, 0.05) is 17.1 Å². The number of nitrogens with one attached hydrogen (secondary N) is 1. The van der Waals surface area contributed by atoms with Gasteiger partial charge in [-0.05, 0) is 44.2 Å². The Morgan fingerprint density at radius 3 is 3.00 bits per heavy atom. The van der Waals surface area contributed by atoms with E-state index in [4.69, 9.17) is 4.74 Å². The standard InChI is InChI=1S/C13H15NO/c1-10(2)6-8-15-12-3-4-13-11(9-12)5-7-14-13/h3-7,9,14H,8H2,1-2H3. The lowest BCUT2D eigenvalue weighted by Gasteiger charge is -2.03. The first-order valence-electron chi connectivity index (χ1n) is 5.09. The SMILES string of the molecule is CC(C)=CCOc1ccc2[nH]ccc2c1. The molecule has 0 unspecified atom stereocenters. The number of fused-ring (bicyclic) bond motifs is 1. The van der Waals surface area contributed by atoms with Crippen molar-refractivity contribution in [3.8, 4) is 5.75 Å². The topological polar surface area (TPSA) is 25.0 Å². The highest BCUT2D eigenvalue weighted by Gasteiger charge is 1.96. The first-order chi connectivity index (χ1) is 7.25. The summed E-state index contributed by atoms with van der Waals surface area (Å²) in [5.74, 6) is 0.916. The van der Waals surface area contributed by atoms with Crippen molar-refractivity contribution in [2.75, 3.05) is 6.61 Å². The van der Waals surface area contributed by atoms with Crippen molar-refractivity contribution in [1.29, 1.82) is 0 Å². The summed E-state index contributed by atoms with van der Waals surface area (Å²) in [4.78, 5) is 3.15. The molecule has 0 fully saturated rings. The van der Waals surface area contributed by atoms with Crippen LogP contribution in [0.2, 0.25) is 0 Å². The molecule has 0 radical (unpaired) electrons. The van der Waals surface area contributed by atoms with Crippen LogP contribution in [0.3, 0.4) is 0 Å². The molecule has 1 aromatic heterocycles. The van der Waals surface area contributed by atoms with Gasteiger partial charge >= 0.3 is 0 Å². The second-order valence-corrected chi connectivity index (χ2v) is 3.82. The Balaban J connectivity index is 2.11. The molecule has 2 nitrogen and oxygen atoms in total. The molecule has 0 aliphatic carbocycles. The monoisotopic (exact) mass is 201 g/mol. The van der Waals surface area contributed by atoms with Gasteiger partial charge in [0.05, 0.1) is 0 Å². The minimum Gasteiger partial charge on any atom is -0.490 e. The molecule has 0 saturated carbocycles. The molecular weight excluding hydrogens is 186 g/mol. The summed E-state index contributed by atoms with van der Waals surface area (Å²) in [5.41, 5.74) is 2.42. The summed E-state index contributed by atoms with van der Waals surface area (Å²) in [7, 11) is 0. The van der Waals surface area contributed by atoms with Gasteiger partial charge in [-0.1, -0.05) is 5.57 Å². The van der Waals surface area contributed by atoms with E-state index in [0.29, 0.717) is 6.61 Å². The number of benzene rings is 1. The van der Waals surface area contributed by atoms with E-state index in [1.807, 2.05) is 30.5 Å². The molecule has 0 amide bonds. The molecule has 78 valence electrons. The van der Waals surface area contributed by atoms with Gasteiger partial charge in [-0.3, -0.25) is 0 Å². The molecule has 2 heteroatoms. The second kappa shape index (κ2) is 4.22. The first-order valence-corrected chi connectivity index (χ1v) is 5.09. The van der Waals surface area contributed by atoms with Crippen molar-refractivity contribution in [3.63, 3.8) is 0 Å². The molecular formula is C13H15NO. The Bertz CT molecular complexity index is 478. The summed E-state index contributed by atoms with van der Waals surface area (Å²) in [5, 5.41) is 1.18. The van der Waals surface area contributed by atoms with Gasteiger partial charge in [0.15, 0.2) is 0 Å². The molecule has 15 heavy (non-hydrogen) atoms. The van der Waals surface area contributed by atoms with Gasteiger partial charge in [0.2, 0.25) is 0 Å². The number of aromatic nitrogens is 1. The third-order valence-electron chi connectivity index (χ3n) is 2.27. The fourth-order valence-electron chi connectivity index (χ4n) is 1.43. The van der Waals surface area contributed by atoms with Crippen LogP contribution in [-0.2, 0) is 0 Å². The summed E-state index contributed by atoms with van der Waals surface area (Å²) >= 11 is 0. The first kappa shape index (κ1) is 9.84. The van der Waals surface area contributed by atoms with Crippen molar-refractivity contribution >= 4 is 10.9 Å². The van der Waals surface area contributed by atoms with Crippen molar-refractivity contribution < 1.29 is 4.74 Å².